The summed E-state index contributed by atoms with van der Waals surface area (Å²) < 4.78 is 6.38. The van der Waals surface area contributed by atoms with Crippen molar-refractivity contribution < 1.29 is 24.5 Å². The minimum absolute atomic E-state index is 0.0385. The summed E-state index contributed by atoms with van der Waals surface area (Å²) in [6.07, 6.45) is 0. The van der Waals surface area contributed by atoms with Gasteiger partial charge in [0.25, 0.3) is 11.7 Å². The summed E-state index contributed by atoms with van der Waals surface area (Å²) in [4.78, 5) is 28.4. The number of benzene rings is 4. The molecule has 36 heavy (non-hydrogen) atoms. The summed E-state index contributed by atoms with van der Waals surface area (Å²) in [5.74, 6) is -1.65. The zero-order valence-corrected chi connectivity index (χ0v) is 20.9. The standard InChI is InChI=1S/C29H22BrNO5/c1-2-36-24-16-19(12-15-23(24)32)26-25(27(33)18-10-13-20(30)14-11-18)28(34)29(35)31(26)22-9-5-7-17-6-3-4-8-21(17)22/h3-16,26,32-33H,2H2,1H3/b27-25+. The van der Waals surface area contributed by atoms with Gasteiger partial charge in [-0.2, -0.15) is 0 Å². The van der Waals surface area contributed by atoms with Crippen molar-refractivity contribution in [3.05, 3.63) is 106 Å². The maximum absolute atomic E-state index is 13.6. The number of carbonyl (C=O) groups is 2. The van der Waals surface area contributed by atoms with E-state index in [9.17, 15) is 19.8 Å². The molecule has 1 atom stereocenters. The highest BCUT2D eigenvalue weighted by molar-refractivity contribution is 9.10. The van der Waals surface area contributed by atoms with E-state index >= 15 is 0 Å². The number of hydrogen-bond acceptors (Lipinski definition) is 5. The predicted molar refractivity (Wildman–Crippen MR) is 142 cm³/mol. The Bertz CT molecular complexity index is 1520. The average molecular weight is 544 g/mol. The van der Waals surface area contributed by atoms with Crippen LogP contribution in [0.5, 0.6) is 11.5 Å². The number of fused-ring (bicyclic) bond motifs is 1. The van der Waals surface area contributed by atoms with Gasteiger partial charge in [0.2, 0.25) is 0 Å². The number of carbonyl (C=O) groups excluding carboxylic acids is 2. The minimum Gasteiger partial charge on any atom is -0.507 e. The number of Topliss-reactive ketones (excluding diaryl/α,β-unsaturated/α-hetero) is 1. The van der Waals surface area contributed by atoms with Crippen LogP contribution in [0.4, 0.5) is 5.69 Å². The van der Waals surface area contributed by atoms with Crippen molar-refractivity contribution in [3.8, 4) is 11.5 Å². The average Bonchev–Trinajstić information content (AvgIpc) is 3.15. The second-order valence-corrected chi connectivity index (χ2v) is 9.25. The zero-order chi connectivity index (χ0) is 25.4. The van der Waals surface area contributed by atoms with E-state index in [1.165, 1.54) is 11.0 Å². The number of aromatic hydroxyl groups is 1. The first-order chi connectivity index (χ1) is 17.4. The highest BCUT2D eigenvalue weighted by Crippen LogP contribution is 2.45. The van der Waals surface area contributed by atoms with Gasteiger partial charge in [-0.1, -0.05) is 70.5 Å². The fraction of sp³-hybridized carbons (Fsp3) is 0.103. The molecule has 1 aliphatic rings. The van der Waals surface area contributed by atoms with Crippen molar-refractivity contribution in [2.24, 2.45) is 0 Å². The Kier molecular flexibility index (Phi) is 6.24. The molecule has 0 bridgehead atoms. The SMILES string of the molecule is CCOc1cc(C2/C(=C(\O)c3ccc(Br)cc3)C(=O)C(=O)N2c2cccc3ccccc23)ccc1O. The highest BCUT2D eigenvalue weighted by Gasteiger charge is 2.47. The molecule has 1 amide bonds. The third kappa shape index (κ3) is 4.01. The largest absolute Gasteiger partial charge is 0.507 e. The van der Waals surface area contributed by atoms with E-state index in [1.807, 2.05) is 36.4 Å². The Morgan fingerprint density at radius 3 is 2.44 bits per heavy atom. The van der Waals surface area contributed by atoms with Crippen LogP contribution in [0.25, 0.3) is 16.5 Å². The third-order valence-electron chi connectivity index (χ3n) is 6.19. The van der Waals surface area contributed by atoms with Crippen LogP contribution in [0, 0.1) is 0 Å². The molecule has 1 fully saturated rings. The molecule has 5 rings (SSSR count). The van der Waals surface area contributed by atoms with Gasteiger partial charge in [0.05, 0.1) is 23.9 Å². The van der Waals surface area contributed by atoms with Gasteiger partial charge >= 0.3 is 0 Å². The van der Waals surface area contributed by atoms with Gasteiger partial charge in [-0.25, -0.2) is 0 Å². The van der Waals surface area contributed by atoms with E-state index < -0.39 is 17.7 Å². The smallest absolute Gasteiger partial charge is 0.300 e. The number of hydrogen-bond donors (Lipinski definition) is 2. The fourth-order valence-electron chi connectivity index (χ4n) is 4.55. The fourth-order valence-corrected chi connectivity index (χ4v) is 4.81. The molecule has 0 aromatic heterocycles. The molecule has 1 heterocycles. The lowest BCUT2D eigenvalue weighted by Gasteiger charge is -2.27. The van der Waals surface area contributed by atoms with Crippen LogP contribution in [0.3, 0.4) is 0 Å². The first kappa shape index (κ1) is 23.6. The van der Waals surface area contributed by atoms with E-state index in [0.29, 0.717) is 23.4 Å². The second-order valence-electron chi connectivity index (χ2n) is 8.33. The van der Waals surface area contributed by atoms with Gasteiger partial charge in [0.1, 0.15) is 5.76 Å². The van der Waals surface area contributed by atoms with Gasteiger partial charge in [-0.15, -0.1) is 0 Å². The lowest BCUT2D eigenvalue weighted by Crippen LogP contribution is -2.29. The molecule has 6 nitrogen and oxygen atoms in total. The van der Waals surface area contributed by atoms with E-state index in [0.717, 1.165) is 15.2 Å². The number of anilines is 1. The number of nitrogens with zero attached hydrogens (tertiary/aromatic N) is 1. The predicted octanol–water partition coefficient (Wildman–Crippen LogP) is 6.33. The number of phenols is 1. The van der Waals surface area contributed by atoms with Crippen molar-refractivity contribution >= 4 is 49.8 Å². The summed E-state index contributed by atoms with van der Waals surface area (Å²) in [6.45, 7) is 2.11. The number of phenolic OH excluding ortho intramolecular Hbond substituents is 1. The van der Waals surface area contributed by atoms with Crippen LogP contribution < -0.4 is 9.64 Å². The van der Waals surface area contributed by atoms with Gasteiger partial charge in [0, 0.05) is 15.4 Å². The van der Waals surface area contributed by atoms with Gasteiger partial charge in [-0.05, 0) is 48.2 Å². The quantitative estimate of drug-likeness (QED) is 0.174. The molecule has 1 saturated heterocycles. The summed E-state index contributed by atoms with van der Waals surface area (Å²) in [5, 5.41) is 23.3. The van der Waals surface area contributed by atoms with Crippen molar-refractivity contribution in [3.63, 3.8) is 0 Å². The molecule has 180 valence electrons. The van der Waals surface area contributed by atoms with Crippen LogP contribution in [-0.2, 0) is 9.59 Å². The van der Waals surface area contributed by atoms with Crippen LogP contribution in [-0.4, -0.2) is 28.5 Å². The highest BCUT2D eigenvalue weighted by atomic mass is 79.9. The summed E-state index contributed by atoms with van der Waals surface area (Å²) in [6, 6.07) is 23.7. The maximum Gasteiger partial charge on any atom is 0.300 e. The van der Waals surface area contributed by atoms with E-state index in [-0.39, 0.29) is 22.8 Å². The molecule has 7 heteroatoms. The van der Waals surface area contributed by atoms with Crippen LogP contribution in [0.1, 0.15) is 24.1 Å². The van der Waals surface area contributed by atoms with Crippen LogP contribution >= 0.6 is 15.9 Å². The molecule has 2 N–H and O–H groups in total. The maximum atomic E-state index is 13.6. The Balaban J connectivity index is 1.78. The lowest BCUT2D eigenvalue weighted by atomic mass is 9.94. The van der Waals surface area contributed by atoms with Crippen molar-refractivity contribution in [2.45, 2.75) is 13.0 Å². The van der Waals surface area contributed by atoms with E-state index in [4.69, 9.17) is 4.74 Å². The number of aliphatic hydroxyl groups is 1. The summed E-state index contributed by atoms with van der Waals surface area (Å²) in [5.41, 5.74) is 1.43. The van der Waals surface area contributed by atoms with E-state index in [2.05, 4.69) is 15.9 Å². The van der Waals surface area contributed by atoms with Crippen LogP contribution in [0.2, 0.25) is 0 Å². The number of amides is 1. The summed E-state index contributed by atoms with van der Waals surface area (Å²) in [7, 11) is 0. The Labute approximate surface area is 216 Å². The number of halogens is 1. The van der Waals surface area contributed by atoms with E-state index in [1.54, 1.807) is 49.4 Å². The normalized spacial score (nSPS) is 17.1. The van der Waals surface area contributed by atoms with Crippen molar-refractivity contribution in [1.82, 2.24) is 0 Å². The van der Waals surface area contributed by atoms with Crippen molar-refractivity contribution in [2.75, 3.05) is 11.5 Å². The Morgan fingerprint density at radius 1 is 0.972 bits per heavy atom. The van der Waals surface area contributed by atoms with Gasteiger partial charge < -0.3 is 14.9 Å². The Hall–Kier alpha value is -4.10. The molecule has 1 unspecified atom stereocenters. The summed E-state index contributed by atoms with van der Waals surface area (Å²) >= 11 is 3.38. The molecule has 4 aromatic carbocycles. The number of rotatable bonds is 5. The molecule has 0 spiro atoms. The molecular formula is C29H22BrNO5. The lowest BCUT2D eigenvalue weighted by molar-refractivity contribution is -0.132. The molecule has 4 aromatic rings. The monoisotopic (exact) mass is 543 g/mol. The Morgan fingerprint density at radius 2 is 1.69 bits per heavy atom. The van der Waals surface area contributed by atoms with Gasteiger partial charge in [-0.3, -0.25) is 14.5 Å². The first-order valence-corrected chi connectivity index (χ1v) is 12.2. The molecule has 0 saturated carbocycles. The molecule has 1 aliphatic heterocycles. The first-order valence-electron chi connectivity index (χ1n) is 11.4. The topological polar surface area (TPSA) is 87.1 Å². The second kappa shape index (κ2) is 9.51. The van der Waals surface area contributed by atoms with Gasteiger partial charge in [0.15, 0.2) is 11.5 Å². The van der Waals surface area contributed by atoms with Crippen LogP contribution in [0.15, 0.2) is 95.0 Å². The third-order valence-corrected chi connectivity index (χ3v) is 6.72. The molecular weight excluding hydrogens is 522 g/mol. The molecule has 0 aliphatic carbocycles. The number of ether oxygens (including phenoxy) is 1. The zero-order valence-electron chi connectivity index (χ0n) is 19.3. The number of aliphatic hydroxyl groups excluding tert-OH is 1. The minimum atomic E-state index is -0.945. The number of ketones is 1. The van der Waals surface area contributed by atoms with Crippen molar-refractivity contribution in [1.29, 1.82) is 0 Å². The molecule has 0 radical (unpaired) electrons.